The van der Waals surface area contributed by atoms with Crippen LogP contribution >= 0.6 is 35.3 Å². The maximum absolute atomic E-state index is 12.3. The van der Waals surface area contributed by atoms with Gasteiger partial charge in [0.05, 0.1) is 11.3 Å². The third-order valence-electron chi connectivity index (χ3n) is 4.41. The van der Waals surface area contributed by atoms with Crippen molar-refractivity contribution in [3.63, 3.8) is 0 Å². The van der Waals surface area contributed by atoms with Crippen molar-refractivity contribution in [1.82, 2.24) is 15.1 Å². The molecule has 3 rings (SSSR count). The first-order valence-corrected chi connectivity index (χ1v) is 11.2. The van der Waals surface area contributed by atoms with Crippen LogP contribution in [0, 0.1) is 3.95 Å². The lowest BCUT2D eigenvalue weighted by atomic mass is 10.2. The lowest BCUT2D eigenvalue weighted by Crippen LogP contribution is -2.40. The minimum atomic E-state index is -0.825. The number of ether oxygens (including phenoxy) is 1. The summed E-state index contributed by atoms with van der Waals surface area (Å²) in [6.07, 6.45) is 5.37. The van der Waals surface area contributed by atoms with Crippen molar-refractivity contribution in [2.24, 2.45) is 0 Å². The summed E-state index contributed by atoms with van der Waals surface area (Å²) < 4.78 is 8.49. The van der Waals surface area contributed by atoms with Gasteiger partial charge in [-0.1, -0.05) is 35.9 Å². The summed E-state index contributed by atoms with van der Waals surface area (Å²) in [6, 6.07) is 7.03. The van der Waals surface area contributed by atoms with E-state index in [1.165, 1.54) is 23.1 Å². The number of thioether (sulfide) groups is 1. The van der Waals surface area contributed by atoms with E-state index in [4.69, 9.17) is 17.0 Å². The zero-order valence-corrected chi connectivity index (χ0v) is 17.6. The Hall–Kier alpha value is -1.71. The highest BCUT2D eigenvalue weighted by atomic mass is 32.2. The van der Waals surface area contributed by atoms with E-state index in [1.54, 1.807) is 35.9 Å². The molecule has 1 N–H and O–H groups in total. The van der Waals surface area contributed by atoms with Gasteiger partial charge in [0.2, 0.25) is 0 Å². The number of rotatable bonds is 6. The van der Waals surface area contributed by atoms with Gasteiger partial charge in [0, 0.05) is 6.04 Å². The average Bonchev–Trinajstić information content (AvgIpc) is 3.31. The smallest absolute Gasteiger partial charge is 0.338 e. The van der Waals surface area contributed by atoms with E-state index in [1.807, 2.05) is 6.26 Å². The molecule has 1 aliphatic carbocycles. The molecule has 1 aromatic carbocycles. The molecular formula is C18H21N3O3S3. The Balaban J connectivity index is 1.62. The number of benzene rings is 1. The van der Waals surface area contributed by atoms with Crippen molar-refractivity contribution >= 4 is 47.2 Å². The number of carbonyl (C=O) groups is 2. The van der Waals surface area contributed by atoms with Gasteiger partial charge >= 0.3 is 5.97 Å². The molecule has 0 bridgehead atoms. The summed E-state index contributed by atoms with van der Waals surface area (Å²) >= 11 is 8.29. The summed E-state index contributed by atoms with van der Waals surface area (Å²) in [5.41, 5.74) is 1.16. The number of amides is 1. The van der Waals surface area contributed by atoms with Gasteiger partial charge in [-0.15, -0.1) is 5.10 Å². The van der Waals surface area contributed by atoms with Crippen LogP contribution in [0.5, 0.6) is 0 Å². The van der Waals surface area contributed by atoms with E-state index >= 15 is 0 Å². The number of esters is 1. The summed E-state index contributed by atoms with van der Waals surface area (Å²) in [7, 11) is 0. The molecule has 0 aliphatic heterocycles. The van der Waals surface area contributed by atoms with Crippen LogP contribution in [0.25, 0.3) is 5.69 Å². The Kier molecular flexibility index (Phi) is 6.67. The van der Waals surface area contributed by atoms with E-state index in [9.17, 15) is 9.59 Å². The van der Waals surface area contributed by atoms with Crippen LogP contribution in [0.2, 0.25) is 0 Å². The van der Waals surface area contributed by atoms with Crippen LogP contribution in [0.15, 0.2) is 28.6 Å². The van der Waals surface area contributed by atoms with Gasteiger partial charge in [0.25, 0.3) is 5.91 Å². The first-order valence-electron chi connectivity index (χ1n) is 8.74. The first-order chi connectivity index (χ1) is 13.0. The van der Waals surface area contributed by atoms with Gasteiger partial charge in [-0.25, -0.2) is 9.48 Å². The normalized spacial score (nSPS) is 15.5. The molecule has 1 aromatic heterocycles. The fourth-order valence-electron chi connectivity index (χ4n) is 2.92. The Morgan fingerprint density at radius 3 is 2.59 bits per heavy atom. The topological polar surface area (TPSA) is 73.2 Å². The van der Waals surface area contributed by atoms with Crippen LogP contribution < -0.4 is 5.32 Å². The molecule has 1 aliphatic rings. The maximum Gasteiger partial charge on any atom is 0.338 e. The Labute approximate surface area is 171 Å². The molecule has 2 aromatic rings. The molecule has 1 heterocycles. The molecule has 0 radical (unpaired) electrons. The molecule has 9 heteroatoms. The number of hydrogen-bond donors (Lipinski definition) is 1. The number of aromatic nitrogens is 2. The van der Waals surface area contributed by atoms with Crippen molar-refractivity contribution in [1.29, 1.82) is 0 Å². The zero-order valence-electron chi connectivity index (χ0n) is 15.1. The van der Waals surface area contributed by atoms with E-state index in [0.29, 0.717) is 9.52 Å². The van der Waals surface area contributed by atoms with Crippen molar-refractivity contribution in [2.45, 2.75) is 49.1 Å². The summed E-state index contributed by atoms with van der Waals surface area (Å²) in [5, 5.41) is 7.36. The Morgan fingerprint density at radius 2 is 2.00 bits per heavy atom. The van der Waals surface area contributed by atoms with E-state index in [-0.39, 0.29) is 11.9 Å². The summed E-state index contributed by atoms with van der Waals surface area (Å²) in [5.74, 6) is -0.771. The molecule has 1 fully saturated rings. The summed E-state index contributed by atoms with van der Waals surface area (Å²) in [4.78, 5) is 24.5. The standard InChI is InChI=1S/C18H21N3O3S3/c1-11(15(22)19-13-5-3-4-6-13)24-16(23)12-7-9-14(10-8-12)21-18(25)27-17(20-21)26-2/h7-11,13H,3-6H2,1-2H3,(H,19,22). The van der Waals surface area contributed by atoms with Gasteiger partial charge < -0.3 is 10.1 Å². The quantitative estimate of drug-likeness (QED) is 0.430. The van der Waals surface area contributed by atoms with Crippen molar-refractivity contribution in [2.75, 3.05) is 6.26 Å². The van der Waals surface area contributed by atoms with Crippen molar-refractivity contribution in [3.8, 4) is 5.69 Å². The minimum Gasteiger partial charge on any atom is -0.449 e. The fourth-order valence-corrected chi connectivity index (χ4v) is 4.70. The SMILES string of the molecule is CSc1nn(-c2ccc(C(=O)OC(C)C(=O)NC3CCCC3)cc2)c(=S)s1. The van der Waals surface area contributed by atoms with E-state index in [0.717, 1.165) is 35.7 Å². The monoisotopic (exact) mass is 423 g/mol. The van der Waals surface area contributed by atoms with Crippen LogP contribution in [0.3, 0.4) is 0 Å². The molecular weight excluding hydrogens is 402 g/mol. The van der Waals surface area contributed by atoms with Crippen LogP contribution in [0.4, 0.5) is 0 Å². The molecule has 144 valence electrons. The Morgan fingerprint density at radius 1 is 1.33 bits per heavy atom. The number of nitrogens with one attached hydrogen (secondary N) is 1. The van der Waals surface area contributed by atoms with E-state index in [2.05, 4.69) is 10.4 Å². The largest absolute Gasteiger partial charge is 0.449 e. The van der Waals surface area contributed by atoms with Gasteiger partial charge in [-0.2, -0.15) is 0 Å². The van der Waals surface area contributed by atoms with Crippen LogP contribution in [0.1, 0.15) is 43.0 Å². The molecule has 1 unspecified atom stereocenters. The molecule has 6 nitrogen and oxygen atoms in total. The predicted octanol–water partition coefficient (Wildman–Crippen LogP) is 3.99. The first kappa shape index (κ1) is 20.0. The summed E-state index contributed by atoms with van der Waals surface area (Å²) in [6.45, 7) is 1.59. The molecule has 0 saturated heterocycles. The third kappa shape index (κ3) is 4.97. The highest BCUT2D eigenvalue weighted by Gasteiger charge is 2.23. The minimum absolute atomic E-state index is 0.201. The lowest BCUT2D eigenvalue weighted by molar-refractivity contribution is -0.129. The second kappa shape index (κ2) is 8.99. The number of hydrogen-bond acceptors (Lipinski definition) is 7. The Bertz CT molecular complexity index is 870. The molecule has 1 atom stereocenters. The van der Waals surface area contributed by atoms with Gasteiger partial charge in [-0.3, -0.25) is 4.79 Å². The van der Waals surface area contributed by atoms with Gasteiger partial charge in [0.1, 0.15) is 0 Å². The lowest BCUT2D eigenvalue weighted by Gasteiger charge is -2.17. The van der Waals surface area contributed by atoms with Crippen molar-refractivity contribution < 1.29 is 14.3 Å². The number of carbonyl (C=O) groups excluding carboxylic acids is 2. The number of nitrogens with zero attached hydrogens (tertiary/aromatic N) is 2. The molecule has 1 amide bonds. The average molecular weight is 424 g/mol. The third-order valence-corrected chi connectivity index (χ3v) is 6.61. The highest BCUT2D eigenvalue weighted by Crippen LogP contribution is 2.22. The molecule has 0 spiro atoms. The van der Waals surface area contributed by atoms with Crippen LogP contribution in [-0.2, 0) is 9.53 Å². The highest BCUT2D eigenvalue weighted by molar-refractivity contribution is 8.00. The van der Waals surface area contributed by atoms with Gasteiger partial charge in [0.15, 0.2) is 14.4 Å². The maximum atomic E-state index is 12.3. The van der Waals surface area contributed by atoms with Crippen LogP contribution in [-0.4, -0.2) is 40.1 Å². The zero-order chi connectivity index (χ0) is 19.4. The van der Waals surface area contributed by atoms with E-state index < -0.39 is 12.1 Å². The second-order valence-corrected chi connectivity index (χ2v) is 9.01. The fraction of sp³-hybridized carbons (Fsp3) is 0.444. The van der Waals surface area contributed by atoms with Gasteiger partial charge in [-0.05, 0) is 62.5 Å². The molecule has 27 heavy (non-hydrogen) atoms. The molecule has 1 saturated carbocycles. The van der Waals surface area contributed by atoms with Crippen molar-refractivity contribution in [3.05, 3.63) is 33.8 Å². The second-order valence-electron chi connectivity index (χ2n) is 6.33. The predicted molar refractivity (Wildman–Crippen MR) is 109 cm³/mol.